The van der Waals surface area contributed by atoms with Gasteiger partial charge in [0.1, 0.15) is 5.82 Å². The minimum Gasteiger partial charge on any atom is -0.383 e. The van der Waals surface area contributed by atoms with Crippen LogP contribution in [0.2, 0.25) is 10.2 Å². The Labute approximate surface area is 211 Å². The Morgan fingerprint density at radius 3 is 2.56 bits per heavy atom. The van der Waals surface area contributed by atoms with E-state index in [1.54, 1.807) is 19.5 Å². The fraction of sp³-hybridized carbons (Fsp3) is 0.560. The second kappa shape index (κ2) is 11.1. The zero-order valence-electron chi connectivity index (χ0n) is 19.7. The number of nitrogens with one attached hydrogen (secondary N) is 3. The lowest BCUT2D eigenvalue weighted by atomic mass is 9.90. The van der Waals surface area contributed by atoms with Gasteiger partial charge in [0.2, 0.25) is 0 Å². The van der Waals surface area contributed by atoms with E-state index in [2.05, 4.69) is 38.9 Å². The summed E-state index contributed by atoms with van der Waals surface area (Å²) in [5.74, 6) is 0.800. The van der Waals surface area contributed by atoms with Crippen molar-refractivity contribution in [3.05, 3.63) is 34.7 Å². The second-order valence-electron chi connectivity index (χ2n) is 9.57. The standard InChI is InChI=1S/C25H32Cl2N6O/c1-16(13-34-2)32-18-3-5-19(6-4-18)33-23-10-20(21(26)12-29-23)17-9-22(24(27)30-11-17)31-15-25(14-28)7-8-25/h9-12,16,18-19,31-32H,3-8,13,15H2,1-2H3,(H,29,33)/t16-,18-,19-/m0/s1. The lowest BCUT2D eigenvalue weighted by Gasteiger charge is -2.32. The topological polar surface area (TPSA) is 94.9 Å². The van der Waals surface area contributed by atoms with E-state index in [9.17, 15) is 5.26 Å². The Bertz CT molecular complexity index is 1030. The van der Waals surface area contributed by atoms with Gasteiger partial charge in [-0.2, -0.15) is 5.26 Å². The maximum absolute atomic E-state index is 9.33. The van der Waals surface area contributed by atoms with Crippen LogP contribution in [0.4, 0.5) is 11.5 Å². The van der Waals surface area contributed by atoms with Crippen molar-refractivity contribution in [1.82, 2.24) is 15.3 Å². The number of hydrogen-bond donors (Lipinski definition) is 3. The molecule has 9 heteroatoms. The molecule has 182 valence electrons. The lowest BCUT2D eigenvalue weighted by Crippen LogP contribution is -2.42. The summed E-state index contributed by atoms with van der Waals surface area (Å²) in [6.45, 7) is 3.45. The Kier molecular flexibility index (Phi) is 8.15. The van der Waals surface area contributed by atoms with Gasteiger partial charge in [0, 0.05) is 55.3 Å². The predicted molar refractivity (Wildman–Crippen MR) is 137 cm³/mol. The minimum absolute atomic E-state index is 0.277. The first kappa shape index (κ1) is 25.0. The smallest absolute Gasteiger partial charge is 0.152 e. The van der Waals surface area contributed by atoms with Gasteiger partial charge in [-0.1, -0.05) is 23.2 Å². The first-order chi connectivity index (χ1) is 16.4. The summed E-state index contributed by atoms with van der Waals surface area (Å²) < 4.78 is 5.23. The van der Waals surface area contributed by atoms with Crippen LogP contribution in [-0.2, 0) is 4.74 Å². The third-order valence-corrected chi connectivity index (χ3v) is 7.33. The molecule has 0 aromatic carbocycles. The molecule has 2 saturated carbocycles. The first-order valence-electron chi connectivity index (χ1n) is 11.9. The molecule has 34 heavy (non-hydrogen) atoms. The molecular weight excluding hydrogens is 471 g/mol. The third-order valence-electron chi connectivity index (χ3n) is 6.73. The highest BCUT2D eigenvalue weighted by Gasteiger charge is 2.43. The number of rotatable bonds is 10. The number of nitrogens with zero attached hydrogens (tertiary/aromatic N) is 3. The van der Waals surface area contributed by atoms with Crippen molar-refractivity contribution in [2.45, 2.75) is 63.6 Å². The summed E-state index contributed by atoms with van der Waals surface area (Å²) in [6, 6.07) is 7.56. The largest absolute Gasteiger partial charge is 0.383 e. The number of pyridine rings is 2. The number of ether oxygens (including phenoxy) is 1. The van der Waals surface area contributed by atoms with E-state index < -0.39 is 0 Å². The molecule has 3 N–H and O–H groups in total. The number of anilines is 2. The summed E-state index contributed by atoms with van der Waals surface area (Å²) in [6.07, 6.45) is 9.61. The normalized spacial score (nSPS) is 22.0. The van der Waals surface area contributed by atoms with Crippen LogP contribution in [0.25, 0.3) is 11.1 Å². The van der Waals surface area contributed by atoms with Crippen LogP contribution in [0.3, 0.4) is 0 Å². The Hall–Kier alpha value is -2.11. The molecule has 0 bridgehead atoms. The predicted octanol–water partition coefficient (Wildman–Crippen LogP) is 5.51. The van der Waals surface area contributed by atoms with Crippen LogP contribution >= 0.6 is 23.2 Å². The van der Waals surface area contributed by atoms with Crippen LogP contribution in [0.1, 0.15) is 45.4 Å². The highest BCUT2D eigenvalue weighted by molar-refractivity contribution is 6.33. The third kappa shape index (κ3) is 6.31. The van der Waals surface area contributed by atoms with Crippen molar-refractivity contribution in [3.63, 3.8) is 0 Å². The van der Waals surface area contributed by atoms with Gasteiger partial charge < -0.3 is 20.7 Å². The second-order valence-corrected chi connectivity index (χ2v) is 10.3. The summed E-state index contributed by atoms with van der Waals surface area (Å²) in [7, 11) is 1.74. The van der Waals surface area contributed by atoms with Crippen molar-refractivity contribution in [2.24, 2.45) is 5.41 Å². The minimum atomic E-state index is -0.277. The Balaban J connectivity index is 1.40. The van der Waals surface area contributed by atoms with Crippen LogP contribution in [0.15, 0.2) is 24.5 Å². The van der Waals surface area contributed by atoms with Gasteiger partial charge in [-0.25, -0.2) is 9.97 Å². The van der Waals surface area contributed by atoms with Crippen LogP contribution in [-0.4, -0.2) is 48.4 Å². The molecule has 0 amide bonds. The van der Waals surface area contributed by atoms with Crippen LogP contribution < -0.4 is 16.0 Å². The number of hydrogen-bond acceptors (Lipinski definition) is 7. The van der Waals surface area contributed by atoms with Gasteiger partial charge in [-0.3, -0.25) is 0 Å². The zero-order valence-corrected chi connectivity index (χ0v) is 21.2. The molecule has 7 nitrogen and oxygen atoms in total. The fourth-order valence-electron chi connectivity index (χ4n) is 4.52. The molecule has 0 unspecified atom stereocenters. The molecular formula is C25H32Cl2N6O. The van der Waals surface area contributed by atoms with E-state index in [0.717, 1.165) is 62.1 Å². The molecule has 2 aliphatic rings. The molecule has 2 aliphatic carbocycles. The van der Waals surface area contributed by atoms with Crippen molar-refractivity contribution < 1.29 is 4.74 Å². The molecule has 2 fully saturated rings. The fourth-order valence-corrected chi connectivity index (χ4v) is 4.90. The van der Waals surface area contributed by atoms with Crippen molar-refractivity contribution in [3.8, 4) is 17.2 Å². The zero-order chi connectivity index (χ0) is 24.1. The van der Waals surface area contributed by atoms with E-state index in [0.29, 0.717) is 40.5 Å². The lowest BCUT2D eigenvalue weighted by molar-refractivity contribution is 0.161. The van der Waals surface area contributed by atoms with Crippen LogP contribution in [0.5, 0.6) is 0 Å². The summed E-state index contributed by atoms with van der Waals surface area (Å²) in [5.41, 5.74) is 2.12. The molecule has 2 aromatic heterocycles. The molecule has 2 aromatic rings. The van der Waals surface area contributed by atoms with E-state index in [4.69, 9.17) is 27.9 Å². The van der Waals surface area contributed by atoms with E-state index >= 15 is 0 Å². The van der Waals surface area contributed by atoms with Crippen molar-refractivity contribution >= 4 is 34.7 Å². The number of halogens is 2. The molecule has 0 saturated heterocycles. The molecule has 0 aliphatic heterocycles. The first-order valence-corrected chi connectivity index (χ1v) is 12.6. The average Bonchev–Trinajstić information content (AvgIpc) is 3.62. The maximum atomic E-state index is 9.33. The highest BCUT2D eigenvalue weighted by atomic mass is 35.5. The highest BCUT2D eigenvalue weighted by Crippen LogP contribution is 2.45. The van der Waals surface area contributed by atoms with Crippen molar-refractivity contribution in [2.75, 3.05) is 30.9 Å². The molecule has 2 heterocycles. The molecule has 1 atom stereocenters. The maximum Gasteiger partial charge on any atom is 0.152 e. The molecule has 0 spiro atoms. The summed E-state index contributed by atoms with van der Waals surface area (Å²) in [5, 5.41) is 20.8. The summed E-state index contributed by atoms with van der Waals surface area (Å²) in [4.78, 5) is 8.84. The molecule has 0 radical (unpaired) electrons. The van der Waals surface area contributed by atoms with E-state index in [-0.39, 0.29) is 5.41 Å². The monoisotopic (exact) mass is 502 g/mol. The SMILES string of the molecule is COC[C@H](C)N[C@H]1CC[C@H](Nc2cc(-c3cnc(Cl)c(NCC4(C#N)CC4)c3)c(Cl)cn2)CC1. The number of nitriles is 1. The van der Waals surface area contributed by atoms with Gasteiger partial charge in [0.05, 0.1) is 28.8 Å². The average molecular weight is 503 g/mol. The van der Waals surface area contributed by atoms with Gasteiger partial charge in [-0.05, 0) is 57.6 Å². The quantitative estimate of drug-likeness (QED) is 0.368. The Morgan fingerprint density at radius 2 is 1.88 bits per heavy atom. The van der Waals surface area contributed by atoms with Gasteiger partial charge >= 0.3 is 0 Å². The number of aromatic nitrogens is 2. The number of methoxy groups -OCH3 is 1. The summed E-state index contributed by atoms with van der Waals surface area (Å²) >= 11 is 12.8. The van der Waals surface area contributed by atoms with Crippen molar-refractivity contribution in [1.29, 1.82) is 5.26 Å². The van der Waals surface area contributed by atoms with Crippen LogP contribution in [0, 0.1) is 16.7 Å². The Morgan fingerprint density at radius 1 is 1.15 bits per heavy atom. The van der Waals surface area contributed by atoms with Gasteiger partial charge in [0.25, 0.3) is 0 Å². The van der Waals surface area contributed by atoms with E-state index in [1.165, 1.54) is 0 Å². The van der Waals surface area contributed by atoms with E-state index in [1.807, 2.05) is 12.1 Å². The molecule has 4 rings (SSSR count). The van der Waals surface area contributed by atoms with Gasteiger partial charge in [0.15, 0.2) is 5.15 Å². The van der Waals surface area contributed by atoms with Gasteiger partial charge in [-0.15, -0.1) is 0 Å².